The molecule has 0 heterocycles. The van der Waals surface area contributed by atoms with Crippen LogP contribution in [0, 0.1) is 5.92 Å². The van der Waals surface area contributed by atoms with E-state index >= 15 is 0 Å². The van der Waals surface area contributed by atoms with Gasteiger partial charge in [-0.05, 0) is 18.8 Å². The Morgan fingerprint density at radius 1 is 1.07 bits per heavy atom. The first kappa shape index (κ1) is 12.0. The van der Waals surface area contributed by atoms with Crippen LogP contribution in [0.4, 0.5) is 0 Å². The van der Waals surface area contributed by atoms with Gasteiger partial charge in [-0.1, -0.05) is 39.5 Å². The molecule has 0 spiro atoms. The molecule has 0 bridgehead atoms. The summed E-state index contributed by atoms with van der Waals surface area (Å²) in [5.41, 5.74) is -0.259. The van der Waals surface area contributed by atoms with E-state index in [4.69, 9.17) is 4.74 Å². The molecule has 1 fully saturated rings. The van der Waals surface area contributed by atoms with E-state index in [1.54, 1.807) is 7.11 Å². The lowest BCUT2D eigenvalue weighted by atomic mass is 9.82. The van der Waals surface area contributed by atoms with Crippen molar-refractivity contribution in [3.8, 4) is 0 Å². The normalized spacial score (nSPS) is 24.6. The lowest BCUT2D eigenvalue weighted by Gasteiger charge is -2.38. The largest absolute Gasteiger partial charge is 0.390 e. The van der Waals surface area contributed by atoms with Gasteiger partial charge in [-0.15, -0.1) is 0 Å². The summed E-state index contributed by atoms with van der Waals surface area (Å²) in [6.45, 7) is 4.13. The van der Waals surface area contributed by atoms with E-state index in [1.807, 2.05) is 0 Å². The van der Waals surface area contributed by atoms with Gasteiger partial charge in [0.25, 0.3) is 0 Å². The lowest BCUT2D eigenvalue weighted by molar-refractivity contribution is -0.127. The zero-order valence-corrected chi connectivity index (χ0v) is 9.75. The Labute approximate surface area is 87.7 Å². The fraction of sp³-hybridized carbons (Fsp3) is 1.00. The van der Waals surface area contributed by atoms with Crippen LogP contribution in [0.1, 0.15) is 52.4 Å². The summed E-state index contributed by atoms with van der Waals surface area (Å²) >= 11 is 0. The van der Waals surface area contributed by atoms with E-state index in [1.165, 1.54) is 25.7 Å². The summed E-state index contributed by atoms with van der Waals surface area (Å²) < 4.78 is 5.63. The smallest absolute Gasteiger partial charge is 0.0938 e. The molecule has 2 nitrogen and oxygen atoms in total. The van der Waals surface area contributed by atoms with Gasteiger partial charge in [0.2, 0.25) is 0 Å². The second kappa shape index (κ2) is 5.13. The standard InChI is InChI=1S/C12H24O2/c1-10(2)11(13)12(14-3)8-6-4-5-7-9-12/h10-11,13H,4-9H2,1-3H3. The molecular formula is C12H24O2. The number of ether oxygens (including phenoxy) is 1. The molecule has 84 valence electrons. The number of hydrogen-bond acceptors (Lipinski definition) is 2. The van der Waals surface area contributed by atoms with E-state index in [9.17, 15) is 5.11 Å². The van der Waals surface area contributed by atoms with Crippen molar-refractivity contribution in [3.05, 3.63) is 0 Å². The highest BCUT2D eigenvalue weighted by atomic mass is 16.5. The SMILES string of the molecule is COC1(C(O)C(C)C)CCCCCC1. The summed E-state index contributed by atoms with van der Waals surface area (Å²) in [6, 6.07) is 0. The maximum atomic E-state index is 10.2. The maximum absolute atomic E-state index is 10.2. The number of rotatable bonds is 3. The molecule has 2 heteroatoms. The van der Waals surface area contributed by atoms with Gasteiger partial charge in [-0.2, -0.15) is 0 Å². The Balaban J connectivity index is 2.71. The number of methoxy groups -OCH3 is 1. The summed E-state index contributed by atoms with van der Waals surface area (Å²) in [5, 5.41) is 10.2. The number of aliphatic hydroxyl groups is 1. The Kier molecular flexibility index (Phi) is 4.39. The van der Waals surface area contributed by atoms with Crippen LogP contribution in [0.5, 0.6) is 0 Å². The average Bonchev–Trinajstić information content (AvgIpc) is 2.42. The molecule has 1 aliphatic carbocycles. The molecule has 1 aliphatic rings. The molecular weight excluding hydrogens is 176 g/mol. The zero-order valence-electron chi connectivity index (χ0n) is 9.75. The second-order valence-electron chi connectivity index (χ2n) is 4.87. The van der Waals surface area contributed by atoms with E-state index in [2.05, 4.69) is 13.8 Å². The molecule has 0 aromatic heterocycles. The summed E-state index contributed by atoms with van der Waals surface area (Å²) in [5.74, 6) is 0.285. The monoisotopic (exact) mass is 200 g/mol. The molecule has 14 heavy (non-hydrogen) atoms. The Morgan fingerprint density at radius 3 is 1.93 bits per heavy atom. The van der Waals surface area contributed by atoms with E-state index in [0.29, 0.717) is 0 Å². The topological polar surface area (TPSA) is 29.5 Å². The summed E-state index contributed by atoms with van der Waals surface area (Å²) in [6.07, 6.45) is 6.68. The second-order valence-corrected chi connectivity index (χ2v) is 4.87. The van der Waals surface area contributed by atoms with Gasteiger partial charge in [0.15, 0.2) is 0 Å². The Morgan fingerprint density at radius 2 is 1.57 bits per heavy atom. The van der Waals surface area contributed by atoms with Crippen molar-refractivity contribution in [1.29, 1.82) is 0 Å². The van der Waals surface area contributed by atoms with Gasteiger partial charge in [-0.25, -0.2) is 0 Å². The third-order valence-electron chi connectivity index (χ3n) is 3.53. The van der Waals surface area contributed by atoms with E-state index in [0.717, 1.165) is 12.8 Å². The van der Waals surface area contributed by atoms with Gasteiger partial charge in [0.1, 0.15) is 0 Å². The predicted molar refractivity (Wildman–Crippen MR) is 58.3 cm³/mol. The van der Waals surface area contributed by atoms with E-state index < -0.39 is 0 Å². The molecule has 1 saturated carbocycles. The van der Waals surface area contributed by atoms with Gasteiger partial charge < -0.3 is 9.84 Å². The average molecular weight is 200 g/mol. The third kappa shape index (κ3) is 2.48. The van der Waals surface area contributed by atoms with Crippen molar-refractivity contribution in [1.82, 2.24) is 0 Å². The minimum Gasteiger partial charge on any atom is -0.390 e. The van der Waals surface area contributed by atoms with Gasteiger partial charge >= 0.3 is 0 Å². The molecule has 0 aromatic carbocycles. The van der Waals surface area contributed by atoms with E-state index in [-0.39, 0.29) is 17.6 Å². The van der Waals surface area contributed by atoms with Gasteiger partial charge in [-0.3, -0.25) is 0 Å². The first-order valence-corrected chi connectivity index (χ1v) is 5.85. The molecule has 1 N–H and O–H groups in total. The quantitative estimate of drug-likeness (QED) is 0.710. The minimum atomic E-state index is -0.314. The zero-order chi connectivity index (χ0) is 10.6. The molecule has 1 rings (SSSR count). The first-order chi connectivity index (χ1) is 6.62. The Hall–Kier alpha value is -0.0800. The summed E-state index contributed by atoms with van der Waals surface area (Å²) in [7, 11) is 1.75. The summed E-state index contributed by atoms with van der Waals surface area (Å²) in [4.78, 5) is 0. The van der Waals surface area contributed by atoms with Crippen LogP contribution in [-0.2, 0) is 4.74 Å². The highest BCUT2D eigenvalue weighted by Gasteiger charge is 2.39. The Bertz CT molecular complexity index is 158. The van der Waals surface area contributed by atoms with Crippen molar-refractivity contribution < 1.29 is 9.84 Å². The van der Waals surface area contributed by atoms with Crippen molar-refractivity contribution in [3.63, 3.8) is 0 Å². The van der Waals surface area contributed by atoms with Crippen LogP contribution in [0.2, 0.25) is 0 Å². The third-order valence-corrected chi connectivity index (χ3v) is 3.53. The highest BCUT2D eigenvalue weighted by molar-refractivity contribution is 4.91. The van der Waals surface area contributed by atoms with Gasteiger partial charge in [0, 0.05) is 7.11 Å². The molecule has 0 aliphatic heterocycles. The van der Waals surface area contributed by atoms with Crippen LogP contribution in [-0.4, -0.2) is 23.9 Å². The fourth-order valence-corrected chi connectivity index (χ4v) is 2.56. The molecule has 1 atom stereocenters. The van der Waals surface area contributed by atoms with Crippen LogP contribution >= 0.6 is 0 Å². The molecule has 0 saturated heterocycles. The number of hydrogen-bond donors (Lipinski definition) is 1. The predicted octanol–water partition coefficient (Wildman–Crippen LogP) is 2.74. The van der Waals surface area contributed by atoms with Crippen molar-refractivity contribution >= 4 is 0 Å². The molecule has 0 amide bonds. The highest BCUT2D eigenvalue weighted by Crippen LogP contribution is 2.35. The first-order valence-electron chi connectivity index (χ1n) is 5.85. The van der Waals surface area contributed by atoms with Crippen LogP contribution in [0.25, 0.3) is 0 Å². The van der Waals surface area contributed by atoms with Gasteiger partial charge in [0.05, 0.1) is 11.7 Å². The van der Waals surface area contributed by atoms with Crippen LogP contribution in [0.3, 0.4) is 0 Å². The number of aliphatic hydroxyl groups excluding tert-OH is 1. The molecule has 0 aromatic rings. The molecule has 0 radical (unpaired) electrons. The van der Waals surface area contributed by atoms with Crippen LogP contribution in [0.15, 0.2) is 0 Å². The van der Waals surface area contributed by atoms with Crippen molar-refractivity contribution in [2.24, 2.45) is 5.92 Å². The van der Waals surface area contributed by atoms with Crippen molar-refractivity contribution in [2.75, 3.05) is 7.11 Å². The minimum absolute atomic E-state index is 0.259. The lowest BCUT2D eigenvalue weighted by Crippen LogP contribution is -2.46. The maximum Gasteiger partial charge on any atom is 0.0938 e. The van der Waals surface area contributed by atoms with Crippen LogP contribution < -0.4 is 0 Å². The molecule has 1 unspecified atom stereocenters. The van der Waals surface area contributed by atoms with Crippen molar-refractivity contribution in [2.45, 2.75) is 64.1 Å². The fourth-order valence-electron chi connectivity index (χ4n) is 2.56.